The first-order valence-corrected chi connectivity index (χ1v) is 33.6. The highest BCUT2D eigenvalue weighted by atomic mass is 31.2. The molecule has 2 unspecified atom stereocenters. The zero-order valence-electron chi connectivity index (χ0n) is 49.1. The van der Waals surface area contributed by atoms with Gasteiger partial charge in [-0.1, -0.05) is 234 Å². The molecule has 0 fully saturated rings. The van der Waals surface area contributed by atoms with E-state index in [1.807, 2.05) is 0 Å². The van der Waals surface area contributed by atoms with Gasteiger partial charge in [0.1, 0.15) is 19.3 Å². The number of hydrogen-bond acceptors (Lipinski definition) is 15. The molecule has 19 heteroatoms. The molecule has 0 aromatic carbocycles. The fourth-order valence-electron chi connectivity index (χ4n) is 8.52. The molecule has 0 heterocycles. The van der Waals surface area contributed by atoms with E-state index in [1.165, 1.54) is 96.3 Å². The fourth-order valence-corrected chi connectivity index (χ4v) is 10.1. The van der Waals surface area contributed by atoms with Gasteiger partial charge in [0.05, 0.1) is 26.4 Å². The summed E-state index contributed by atoms with van der Waals surface area (Å²) in [5.74, 6) is -1.43. The maximum absolute atomic E-state index is 12.9. The van der Waals surface area contributed by atoms with Crippen LogP contribution in [0.2, 0.25) is 0 Å². The van der Waals surface area contributed by atoms with Gasteiger partial charge in [0.2, 0.25) is 0 Å². The quantitative estimate of drug-likeness (QED) is 0.0222. The number of ether oxygens (including phenoxy) is 4. The first kappa shape index (κ1) is 75.1. The minimum atomic E-state index is -4.94. The Morgan fingerprint density at radius 1 is 0.351 bits per heavy atom. The lowest BCUT2D eigenvalue weighted by Crippen LogP contribution is -2.30. The Morgan fingerprint density at radius 3 is 0.883 bits per heavy atom. The molecule has 0 aromatic rings. The monoisotopic (exact) mass is 1140 g/mol. The molecule has 3 N–H and O–H groups in total. The van der Waals surface area contributed by atoms with Crippen molar-refractivity contribution in [1.29, 1.82) is 0 Å². The van der Waals surface area contributed by atoms with E-state index >= 15 is 0 Å². The minimum Gasteiger partial charge on any atom is -0.462 e. The van der Waals surface area contributed by atoms with E-state index in [0.717, 1.165) is 109 Å². The topological polar surface area (TPSA) is 237 Å². The molecule has 0 rings (SSSR count). The summed E-state index contributed by atoms with van der Waals surface area (Å²) in [6.07, 6.45) is 33.6. The first-order chi connectivity index (χ1) is 37.0. The second kappa shape index (κ2) is 52.2. The number of carbonyl (C=O) groups is 4. The normalized spacial score (nSPS) is 14.4. The van der Waals surface area contributed by atoms with Crippen molar-refractivity contribution < 1.29 is 80.2 Å². The molecule has 0 amide bonds. The van der Waals surface area contributed by atoms with Crippen molar-refractivity contribution in [2.75, 3.05) is 39.6 Å². The maximum atomic E-state index is 12.9. The number of aliphatic hydroxyl groups is 1. The second-order valence-corrected chi connectivity index (χ2v) is 24.4. The first-order valence-electron chi connectivity index (χ1n) is 30.6. The van der Waals surface area contributed by atoms with Crippen molar-refractivity contribution in [1.82, 2.24) is 0 Å². The largest absolute Gasteiger partial charge is 0.472 e. The summed E-state index contributed by atoms with van der Waals surface area (Å²) in [6, 6.07) is 0. The van der Waals surface area contributed by atoms with Gasteiger partial charge >= 0.3 is 39.5 Å². The molecular formula is C58H112O17P2. The van der Waals surface area contributed by atoms with Crippen molar-refractivity contribution in [2.45, 2.75) is 303 Å². The average molecular weight is 1140 g/mol. The van der Waals surface area contributed by atoms with Gasteiger partial charge < -0.3 is 33.8 Å². The molecule has 0 aliphatic heterocycles. The Hall–Kier alpha value is -1.94. The Labute approximate surface area is 467 Å². The molecule has 17 nitrogen and oxygen atoms in total. The van der Waals surface area contributed by atoms with Gasteiger partial charge in [-0.05, 0) is 31.6 Å². The average Bonchev–Trinajstić information content (AvgIpc) is 3.39. The number of phosphoric acid groups is 2. The number of carbonyl (C=O) groups excluding carboxylic acids is 4. The van der Waals surface area contributed by atoms with E-state index in [-0.39, 0.29) is 25.7 Å². The van der Waals surface area contributed by atoms with E-state index < -0.39 is 97.5 Å². The fraction of sp³-hybridized carbons (Fsp3) is 0.931. The Bertz CT molecular complexity index is 1520. The highest BCUT2D eigenvalue weighted by molar-refractivity contribution is 7.47. The highest BCUT2D eigenvalue weighted by Gasteiger charge is 2.30. The third-order valence-electron chi connectivity index (χ3n) is 13.3. The van der Waals surface area contributed by atoms with Crippen LogP contribution in [0, 0.1) is 5.92 Å². The number of phosphoric ester groups is 2. The van der Waals surface area contributed by atoms with Crippen LogP contribution in [0.5, 0.6) is 0 Å². The Morgan fingerprint density at radius 2 is 0.597 bits per heavy atom. The van der Waals surface area contributed by atoms with E-state index in [2.05, 4.69) is 34.6 Å². The lowest BCUT2D eigenvalue weighted by Gasteiger charge is -2.21. The molecule has 5 atom stereocenters. The highest BCUT2D eigenvalue weighted by Crippen LogP contribution is 2.45. The second-order valence-electron chi connectivity index (χ2n) is 21.5. The van der Waals surface area contributed by atoms with Crippen LogP contribution < -0.4 is 0 Å². The predicted molar refractivity (Wildman–Crippen MR) is 303 cm³/mol. The molecule has 0 spiro atoms. The third kappa shape index (κ3) is 53.2. The van der Waals surface area contributed by atoms with E-state index in [1.54, 1.807) is 0 Å². The molecule has 0 saturated heterocycles. The maximum Gasteiger partial charge on any atom is 0.472 e. The van der Waals surface area contributed by atoms with Crippen LogP contribution >= 0.6 is 15.6 Å². The van der Waals surface area contributed by atoms with Gasteiger partial charge in [-0.3, -0.25) is 37.3 Å². The molecule has 0 saturated carbocycles. The standard InChI is InChI=1S/C58H112O17P2/c1-6-9-12-15-18-21-22-28-32-37-42-56(61)69-48-54(75-58(63)44-39-34-29-24-23-25-30-35-40-51(4)5)50-73-77(66,67)71-46-52(59)45-70-76(64,65)72-49-53(74-57(62)43-38-33-27-20-17-14-11-8-3)47-68-55(60)41-36-31-26-19-16-13-10-7-2/h51-54,59H,6-50H2,1-5H3,(H,64,65)(H,66,67)/t52-,53+,54+/m0/s1. The smallest absolute Gasteiger partial charge is 0.462 e. The van der Waals surface area contributed by atoms with Crippen LogP contribution in [0.25, 0.3) is 0 Å². The molecule has 0 aromatic heterocycles. The van der Waals surface area contributed by atoms with Gasteiger partial charge in [-0.2, -0.15) is 0 Å². The van der Waals surface area contributed by atoms with Crippen LogP contribution in [-0.2, 0) is 65.4 Å². The summed E-state index contributed by atoms with van der Waals surface area (Å²) < 4.78 is 67.6. The summed E-state index contributed by atoms with van der Waals surface area (Å²) in [7, 11) is -9.87. The van der Waals surface area contributed by atoms with Crippen LogP contribution in [0.4, 0.5) is 0 Å². The molecule has 0 bridgehead atoms. The van der Waals surface area contributed by atoms with Crippen molar-refractivity contribution in [3.8, 4) is 0 Å². The lowest BCUT2D eigenvalue weighted by atomic mass is 10.0. The third-order valence-corrected chi connectivity index (χ3v) is 15.2. The van der Waals surface area contributed by atoms with Crippen molar-refractivity contribution in [2.24, 2.45) is 5.92 Å². The molecule has 0 radical (unpaired) electrons. The summed E-state index contributed by atoms with van der Waals surface area (Å²) in [5, 5.41) is 10.5. The van der Waals surface area contributed by atoms with Crippen LogP contribution in [-0.4, -0.2) is 96.7 Å². The number of rotatable bonds is 58. The van der Waals surface area contributed by atoms with Crippen molar-refractivity contribution >= 4 is 39.5 Å². The Balaban J connectivity index is 5.21. The van der Waals surface area contributed by atoms with Crippen molar-refractivity contribution in [3.05, 3.63) is 0 Å². The van der Waals surface area contributed by atoms with E-state index in [9.17, 15) is 43.2 Å². The molecular weight excluding hydrogens is 1030 g/mol. The summed E-state index contributed by atoms with van der Waals surface area (Å²) in [4.78, 5) is 71.7. The zero-order valence-corrected chi connectivity index (χ0v) is 50.9. The molecule has 77 heavy (non-hydrogen) atoms. The van der Waals surface area contributed by atoms with E-state index in [4.69, 9.17) is 37.0 Å². The predicted octanol–water partition coefficient (Wildman–Crippen LogP) is 15.5. The summed E-state index contributed by atoms with van der Waals surface area (Å²) >= 11 is 0. The zero-order chi connectivity index (χ0) is 57.1. The van der Waals surface area contributed by atoms with Crippen LogP contribution in [0.1, 0.15) is 285 Å². The van der Waals surface area contributed by atoms with Crippen molar-refractivity contribution in [3.63, 3.8) is 0 Å². The molecule has 456 valence electrons. The molecule has 0 aliphatic carbocycles. The summed E-state index contributed by atoms with van der Waals surface area (Å²) in [5.41, 5.74) is 0. The Kier molecular flexibility index (Phi) is 50.8. The number of hydrogen-bond donors (Lipinski definition) is 3. The SMILES string of the molecule is CCCCCCCCCCCCC(=O)OC[C@H](COP(=O)(O)OC[C@@H](O)COP(=O)(O)OC[C@@H](COC(=O)CCCCCCCCCC)OC(=O)CCCCCCCCCC)OC(=O)CCCCCCCCCCC(C)C. The lowest BCUT2D eigenvalue weighted by molar-refractivity contribution is -0.161. The van der Waals surface area contributed by atoms with Gasteiger partial charge in [0, 0.05) is 25.7 Å². The van der Waals surface area contributed by atoms with Crippen LogP contribution in [0.15, 0.2) is 0 Å². The summed E-state index contributed by atoms with van der Waals surface area (Å²) in [6.45, 7) is 7.04. The number of unbranched alkanes of at least 4 members (excludes halogenated alkanes) is 30. The number of esters is 4. The van der Waals surface area contributed by atoms with E-state index in [0.29, 0.717) is 25.7 Å². The van der Waals surface area contributed by atoms with Crippen LogP contribution in [0.3, 0.4) is 0 Å². The van der Waals surface area contributed by atoms with Gasteiger partial charge in [-0.25, -0.2) is 9.13 Å². The van der Waals surface area contributed by atoms with Gasteiger partial charge in [0.15, 0.2) is 12.2 Å². The molecule has 0 aliphatic rings. The van der Waals surface area contributed by atoms with Gasteiger partial charge in [0.25, 0.3) is 0 Å². The van der Waals surface area contributed by atoms with Gasteiger partial charge in [-0.15, -0.1) is 0 Å². The number of aliphatic hydroxyl groups excluding tert-OH is 1. The minimum absolute atomic E-state index is 0.105.